The second kappa shape index (κ2) is 7.04. The lowest BCUT2D eigenvalue weighted by Crippen LogP contribution is -2.42. The highest BCUT2D eigenvalue weighted by atomic mass is 35.5. The number of nitrogens with zero attached hydrogens (tertiary/aromatic N) is 2. The number of imide groups is 1. The number of aromatic nitrogens is 2. The lowest BCUT2D eigenvalue weighted by atomic mass is 9.68. The monoisotopic (exact) mass is 495 g/mol. The molecule has 1 saturated heterocycles. The summed E-state index contributed by atoms with van der Waals surface area (Å²) in [5.41, 5.74) is 1.66. The first-order valence-electron chi connectivity index (χ1n) is 11.0. The van der Waals surface area contributed by atoms with Crippen LogP contribution in [-0.4, -0.2) is 27.0 Å². The number of hydrogen-bond donors (Lipinski definition) is 1. The lowest BCUT2D eigenvalue weighted by molar-refractivity contribution is -0.123. The first-order valence-corrected chi connectivity index (χ1v) is 13.0. The molecule has 1 N–H and O–H groups in total. The van der Waals surface area contributed by atoms with E-state index in [1.165, 1.54) is 16.2 Å². The molecule has 33 heavy (non-hydrogen) atoms. The Balaban J connectivity index is 1.33. The zero-order chi connectivity index (χ0) is 22.4. The van der Waals surface area contributed by atoms with Crippen molar-refractivity contribution in [1.82, 2.24) is 9.97 Å². The first-order chi connectivity index (χ1) is 16.0. The van der Waals surface area contributed by atoms with Gasteiger partial charge in [0.1, 0.15) is 0 Å². The van der Waals surface area contributed by atoms with Crippen molar-refractivity contribution in [2.75, 3.05) is 4.90 Å². The van der Waals surface area contributed by atoms with Crippen molar-refractivity contribution in [3.63, 3.8) is 0 Å². The van der Waals surface area contributed by atoms with Gasteiger partial charge < -0.3 is 4.98 Å². The molecule has 2 saturated carbocycles. The van der Waals surface area contributed by atoms with Crippen LogP contribution < -0.4 is 9.77 Å². The van der Waals surface area contributed by atoms with Crippen molar-refractivity contribution in [3.05, 3.63) is 73.9 Å². The zero-order valence-electron chi connectivity index (χ0n) is 17.2. The van der Waals surface area contributed by atoms with Crippen LogP contribution in [0.15, 0.2) is 58.6 Å². The predicted molar refractivity (Wildman–Crippen MR) is 127 cm³/mol. The molecule has 2 bridgehead atoms. The van der Waals surface area contributed by atoms with Crippen molar-refractivity contribution >= 4 is 52.2 Å². The number of benzene rings is 1. The number of fused-ring (bicyclic) bond motifs is 9. The Hall–Kier alpha value is -2.42. The van der Waals surface area contributed by atoms with Gasteiger partial charge in [0, 0.05) is 33.5 Å². The summed E-state index contributed by atoms with van der Waals surface area (Å²) in [4.78, 5) is 49.2. The van der Waals surface area contributed by atoms with E-state index in [1.54, 1.807) is 42.2 Å². The van der Waals surface area contributed by atoms with Gasteiger partial charge in [-0.15, -0.1) is 11.8 Å². The Bertz CT molecular complexity index is 1360. The molecular weight excluding hydrogens is 478 g/mol. The van der Waals surface area contributed by atoms with Gasteiger partial charge >= 0.3 is 4.87 Å². The lowest BCUT2D eigenvalue weighted by Gasteiger charge is -2.42. The molecule has 0 radical (unpaired) electrons. The minimum absolute atomic E-state index is 0.00679. The van der Waals surface area contributed by atoms with Gasteiger partial charge in [-0.3, -0.25) is 24.3 Å². The van der Waals surface area contributed by atoms with Crippen LogP contribution in [0.5, 0.6) is 0 Å². The van der Waals surface area contributed by atoms with E-state index < -0.39 is 0 Å². The van der Waals surface area contributed by atoms with Crippen molar-refractivity contribution in [3.8, 4) is 0 Å². The summed E-state index contributed by atoms with van der Waals surface area (Å²) in [6.45, 7) is 0. The standard InChI is InChI=1S/C24H18ClN3O3S2/c25-11-3-5-12(6-4-11)28-22(29)17-13-8-14(18(17)23(28)30)19-16(13)15(10-2-1-7-26-9-10)20-21(32-19)27-24(31)33-20/h1-7,9,13-19H,8H2,(H,27,31)/t13-,14-,15-,16-,17-,18+,19-/m1/s1. The van der Waals surface area contributed by atoms with E-state index in [-0.39, 0.29) is 57.4 Å². The normalized spacial score (nSPS) is 33.8. The van der Waals surface area contributed by atoms with Crippen LogP contribution in [0.2, 0.25) is 5.02 Å². The molecule has 7 rings (SSSR count). The van der Waals surface area contributed by atoms with Crippen LogP contribution in [-0.2, 0) is 9.59 Å². The fourth-order valence-electron chi connectivity index (χ4n) is 6.79. The molecule has 1 aromatic carbocycles. The summed E-state index contributed by atoms with van der Waals surface area (Å²) in [6, 6.07) is 10.9. The SMILES string of the molecule is O=C1[C@@H]2[C@@H]3C[C@@H]([C@H]4Sc5[nH]c(=O)sc5[C@H](c5cccnc5)[C@@H]34)[C@@H]2C(=O)N1c1ccc(Cl)cc1. The Kier molecular flexibility index (Phi) is 4.27. The molecule has 3 fully saturated rings. The van der Waals surface area contributed by atoms with Crippen molar-refractivity contribution < 1.29 is 9.59 Å². The largest absolute Gasteiger partial charge is 0.307 e. The third-order valence-corrected chi connectivity index (χ3v) is 10.7. The summed E-state index contributed by atoms with van der Waals surface area (Å²) < 4.78 is 0. The molecule has 2 amide bonds. The topological polar surface area (TPSA) is 83.1 Å². The number of halogens is 1. The van der Waals surface area contributed by atoms with E-state index in [2.05, 4.69) is 16.0 Å². The van der Waals surface area contributed by atoms with Crippen LogP contribution in [0.25, 0.3) is 0 Å². The number of pyridine rings is 1. The van der Waals surface area contributed by atoms with Crippen LogP contribution >= 0.6 is 34.7 Å². The fraction of sp³-hybridized carbons (Fsp3) is 0.333. The highest BCUT2D eigenvalue weighted by Gasteiger charge is 2.69. The van der Waals surface area contributed by atoms with Gasteiger partial charge in [0.05, 0.1) is 22.5 Å². The van der Waals surface area contributed by atoms with Gasteiger partial charge in [0.25, 0.3) is 0 Å². The van der Waals surface area contributed by atoms with E-state index in [0.717, 1.165) is 21.9 Å². The molecule has 4 heterocycles. The number of hydrogen-bond acceptors (Lipinski definition) is 6. The highest BCUT2D eigenvalue weighted by Crippen LogP contribution is 2.68. The number of thiazole rings is 1. The van der Waals surface area contributed by atoms with Crippen molar-refractivity contribution in [2.45, 2.75) is 22.6 Å². The fourth-order valence-corrected chi connectivity index (χ4v) is 9.81. The molecule has 4 aliphatic rings. The number of H-pyrrole nitrogens is 1. The molecule has 9 heteroatoms. The number of aromatic amines is 1. The summed E-state index contributed by atoms with van der Waals surface area (Å²) in [7, 11) is 0. The molecule has 6 nitrogen and oxygen atoms in total. The number of carbonyl (C=O) groups excluding carboxylic acids is 2. The van der Waals surface area contributed by atoms with Gasteiger partial charge in [-0.2, -0.15) is 0 Å². The number of carbonyl (C=O) groups is 2. The van der Waals surface area contributed by atoms with Crippen LogP contribution in [0.4, 0.5) is 5.69 Å². The average Bonchev–Trinajstić information content (AvgIpc) is 3.54. The van der Waals surface area contributed by atoms with E-state index in [9.17, 15) is 14.4 Å². The summed E-state index contributed by atoms with van der Waals surface area (Å²) >= 11 is 8.98. The molecule has 7 atom stereocenters. The third kappa shape index (κ3) is 2.68. The van der Waals surface area contributed by atoms with Gasteiger partial charge in [-0.25, -0.2) is 0 Å². The van der Waals surface area contributed by atoms with E-state index in [1.807, 2.05) is 12.3 Å². The second-order valence-corrected chi connectivity index (χ2v) is 11.9. The van der Waals surface area contributed by atoms with Crippen LogP contribution in [0, 0.1) is 29.6 Å². The number of nitrogens with one attached hydrogen (secondary N) is 1. The first kappa shape index (κ1) is 20.0. The minimum atomic E-state index is -0.309. The predicted octanol–water partition coefficient (Wildman–Crippen LogP) is 4.16. The quantitative estimate of drug-likeness (QED) is 0.540. The Morgan fingerprint density at radius 1 is 1.03 bits per heavy atom. The van der Waals surface area contributed by atoms with E-state index in [0.29, 0.717) is 10.7 Å². The maximum atomic E-state index is 13.6. The Labute approximate surface area is 202 Å². The van der Waals surface area contributed by atoms with Gasteiger partial charge in [-0.1, -0.05) is 29.0 Å². The zero-order valence-corrected chi connectivity index (χ0v) is 19.6. The number of anilines is 1. The second-order valence-electron chi connectivity index (χ2n) is 9.24. The number of rotatable bonds is 2. The van der Waals surface area contributed by atoms with Gasteiger partial charge in [-0.05, 0) is 60.1 Å². The van der Waals surface area contributed by atoms with Crippen molar-refractivity contribution in [2.24, 2.45) is 29.6 Å². The number of amides is 2. The van der Waals surface area contributed by atoms with Gasteiger partial charge in [0.15, 0.2) is 0 Å². The summed E-state index contributed by atoms with van der Waals surface area (Å²) in [5, 5.41) is 1.66. The minimum Gasteiger partial charge on any atom is -0.307 e. The molecule has 0 spiro atoms. The summed E-state index contributed by atoms with van der Waals surface area (Å²) in [6.07, 6.45) is 4.50. The van der Waals surface area contributed by atoms with Crippen molar-refractivity contribution in [1.29, 1.82) is 0 Å². The van der Waals surface area contributed by atoms with E-state index >= 15 is 0 Å². The third-order valence-electron chi connectivity index (χ3n) is 7.85. The maximum absolute atomic E-state index is 13.6. The summed E-state index contributed by atoms with van der Waals surface area (Å²) in [5.74, 6) is -0.396. The smallest absolute Gasteiger partial charge is 0.305 e. The van der Waals surface area contributed by atoms with Gasteiger partial charge in [0.2, 0.25) is 11.8 Å². The molecular formula is C24H18ClN3O3S2. The molecule has 0 unspecified atom stereocenters. The molecule has 3 aromatic rings. The Morgan fingerprint density at radius 3 is 2.52 bits per heavy atom. The average molecular weight is 496 g/mol. The highest BCUT2D eigenvalue weighted by molar-refractivity contribution is 8.00. The van der Waals surface area contributed by atoms with E-state index in [4.69, 9.17) is 11.6 Å². The molecule has 166 valence electrons. The van der Waals surface area contributed by atoms with Crippen LogP contribution in [0.3, 0.4) is 0 Å². The molecule has 2 aliphatic heterocycles. The molecule has 2 aromatic heterocycles. The number of thioether (sulfide) groups is 1. The molecule has 2 aliphatic carbocycles. The maximum Gasteiger partial charge on any atom is 0.305 e. The van der Waals surface area contributed by atoms with Crippen LogP contribution in [0.1, 0.15) is 22.8 Å². The Morgan fingerprint density at radius 2 is 1.79 bits per heavy atom.